The van der Waals surface area contributed by atoms with Crippen molar-refractivity contribution in [3.63, 3.8) is 0 Å². The van der Waals surface area contributed by atoms with Crippen LogP contribution in [0.15, 0.2) is 28.7 Å². The van der Waals surface area contributed by atoms with Crippen molar-refractivity contribution in [2.75, 3.05) is 0 Å². The third kappa shape index (κ3) is 2.71. The predicted molar refractivity (Wildman–Crippen MR) is 94.9 cm³/mol. The van der Waals surface area contributed by atoms with Crippen molar-refractivity contribution in [2.24, 2.45) is 5.92 Å². The molecule has 2 N–H and O–H groups in total. The van der Waals surface area contributed by atoms with Crippen molar-refractivity contribution in [2.45, 2.75) is 54.2 Å². The van der Waals surface area contributed by atoms with E-state index in [-0.39, 0.29) is 15.7 Å². The first-order valence-electron chi connectivity index (χ1n) is 8.29. The monoisotopic (exact) mass is 385 g/mol. The van der Waals surface area contributed by atoms with E-state index in [4.69, 9.17) is 11.6 Å². The summed E-state index contributed by atoms with van der Waals surface area (Å²) < 4.78 is 29.5. The molecule has 8 heteroatoms. The predicted octanol–water partition coefficient (Wildman–Crippen LogP) is 3.69. The average molecular weight is 386 g/mol. The summed E-state index contributed by atoms with van der Waals surface area (Å²) in [7, 11) is -3.57. The lowest BCUT2D eigenvalue weighted by Gasteiger charge is -2.34. The Hall–Kier alpha value is -0.890. The van der Waals surface area contributed by atoms with Crippen molar-refractivity contribution < 1.29 is 8.42 Å². The van der Waals surface area contributed by atoms with Gasteiger partial charge in [0.05, 0.1) is 4.34 Å². The highest BCUT2D eigenvalue weighted by molar-refractivity contribution is 7.91. The summed E-state index contributed by atoms with van der Waals surface area (Å²) in [5.74, 6) is 1.28. The maximum atomic E-state index is 12.9. The lowest BCUT2D eigenvalue weighted by Crippen LogP contribution is -2.49. The van der Waals surface area contributed by atoms with E-state index in [0.717, 1.165) is 55.7 Å². The number of hydrogen-bond donors (Lipinski definition) is 2. The van der Waals surface area contributed by atoms with Crippen LogP contribution in [-0.4, -0.2) is 24.4 Å². The Morgan fingerprint density at radius 2 is 2.17 bits per heavy atom. The second-order valence-corrected chi connectivity index (χ2v) is 10.5. The van der Waals surface area contributed by atoms with E-state index in [1.807, 2.05) is 6.20 Å². The summed E-state index contributed by atoms with van der Waals surface area (Å²) in [6.07, 6.45) is 9.90. The normalized spacial score (nSPS) is 30.4. The van der Waals surface area contributed by atoms with E-state index in [2.05, 4.69) is 14.7 Å². The number of halogens is 1. The number of hydrogen-bond acceptors (Lipinski definition) is 4. The van der Waals surface area contributed by atoms with Crippen LogP contribution in [0.2, 0.25) is 4.34 Å². The van der Waals surface area contributed by atoms with Gasteiger partial charge < -0.3 is 4.98 Å². The molecule has 2 aliphatic rings. The van der Waals surface area contributed by atoms with Crippen LogP contribution in [-0.2, 0) is 15.4 Å². The van der Waals surface area contributed by atoms with Crippen molar-refractivity contribution in [3.8, 4) is 0 Å². The van der Waals surface area contributed by atoms with E-state index in [9.17, 15) is 8.42 Å². The van der Waals surface area contributed by atoms with Crippen LogP contribution in [0.1, 0.15) is 44.3 Å². The smallest absolute Gasteiger partial charge is 0.250 e. The molecule has 0 saturated heterocycles. The Bertz CT molecular complexity index is 818. The highest BCUT2D eigenvalue weighted by atomic mass is 35.5. The molecule has 0 aromatic carbocycles. The van der Waals surface area contributed by atoms with Crippen LogP contribution in [0.5, 0.6) is 0 Å². The van der Waals surface area contributed by atoms with Crippen LogP contribution in [0.25, 0.3) is 0 Å². The Kier molecular flexibility index (Phi) is 4.23. The van der Waals surface area contributed by atoms with E-state index in [1.165, 1.54) is 0 Å². The average Bonchev–Trinajstić information content (AvgIpc) is 3.21. The SMILES string of the molecule is O=S(=O)(NC1C2CCCCC1(c1ncc[nH]1)CC2)c1ccc(Cl)s1. The molecule has 130 valence electrons. The number of imidazole rings is 1. The molecule has 4 rings (SSSR count). The third-order valence-electron chi connectivity index (χ3n) is 5.54. The minimum Gasteiger partial charge on any atom is -0.348 e. The molecule has 0 radical (unpaired) electrons. The van der Waals surface area contributed by atoms with Gasteiger partial charge in [-0.3, -0.25) is 0 Å². The zero-order chi connectivity index (χ0) is 16.8. The molecular weight excluding hydrogens is 366 g/mol. The first-order valence-corrected chi connectivity index (χ1v) is 11.0. The molecule has 5 nitrogen and oxygen atoms in total. The Balaban J connectivity index is 1.72. The van der Waals surface area contributed by atoms with Crippen LogP contribution in [0.4, 0.5) is 0 Å². The second kappa shape index (κ2) is 6.12. The summed E-state index contributed by atoms with van der Waals surface area (Å²) in [5, 5.41) is 0. The summed E-state index contributed by atoms with van der Waals surface area (Å²) >= 11 is 7.02. The largest absolute Gasteiger partial charge is 0.348 e. The zero-order valence-electron chi connectivity index (χ0n) is 13.2. The summed E-state index contributed by atoms with van der Waals surface area (Å²) in [5.41, 5.74) is -0.223. The third-order valence-corrected chi connectivity index (χ3v) is 8.71. The summed E-state index contributed by atoms with van der Waals surface area (Å²) in [4.78, 5) is 7.75. The molecule has 2 aromatic rings. The molecule has 0 aliphatic heterocycles. The number of fused-ring (bicyclic) bond motifs is 2. The number of rotatable bonds is 4. The van der Waals surface area contributed by atoms with Crippen molar-refractivity contribution in [1.82, 2.24) is 14.7 Å². The van der Waals surface area contributed by atoms with E-state index in [0.29, 0.717) is 10.3 Å². The topological polar surface area (TPSA) is 74.8 Å². The standard InChI is InChI=1S/C16H20ClN3O2S2/c17-12-4-5-13(23-12)24(21,22)20-14-11-3-1-2-7-16(14,8-6-11)15-18-9-10-19-15/h4-5,9-11,14,20H,1-3,6-8H2,(H,18,19). The van der Waals surface area contributed by atoms with Crippen molar-refractivity contribution in [3.05, 3.63) is 34.7 Å². The molecule has 2 saturated carbocycles. The molecule has 2 fully saturated rings. The molecule has 0 spiro atoms. The fraction of sp³-hybridized carbons (Fsp3) is 0.562. The molecule has 2 aliphatic carbocycles. The second-order valence-electron chi connectivity index (χ2n) is 6.80. The maximum Gasteiger partial charge on any atom is 0.250 e. The van der Waals surface area contributed by atoms with Gasteiger partial charge in [0.2, 0.25) is 10.0 Å². The zero-order valence-corrected chi connectivity index (χ0v) is 15.6. The highest BCUT2D eigenvalue weighted by Gasteiger charge is 2.53. The van der Waals surface area contributed by atoms with Gasteiger partial charge in [0, 0.05) is 23.9 Å². The van der Waals surface area contributed by atoms with Gasteiger partial charge in [0.1, 0.15) is 10.0 Å². The van der Waals surface area contributed by atoms with Crippen molar-refractivity contribution in [1.29, 1.82) is 0 Å². The van der Waals surface area contributed by atoms with Gasteiger partial charge in [-0.25, -0.2) is 18.1 Å². The quantitative estimate of drug-likeness (QED) is 0.842. The minimum absolute atomic E-state index is 0.114. The van der Waals surface area contributed by atoms with E-state index >= 15 is 0 Å². The summed E-state index contributed by atoms with van der Waals surface area (Å²) in [6, 6.07) is 3.09. The van der Waals surface area contributed by atoms with Gasteiger partial charge in [0.15, 0.2) is 0 Å². The number of thiophene rings is 1. The number of nitrogens with one attached hydrogen (secondary N) is 2. The van der Waals surface area contributed by atoms with Gasteiger partial charge >= 0.3 is 0 Å². The number of aromatic nitrogens is 2. The minimum atomic E-state index is -3.57. The van der Waals surface area contributed by atoms with Gasteiger partial charge in [-0.1, -0.05) is 24.4 Å². The number of H-pyrrole nitrogens is 1. The number of aromatic amines is 1. The molecule has 2 bridgehead atoms. The molecule has 3 unspecified atom stereocenters. The Morgan fingerprint density at radius 3 is 2.88 bits per heavy atom. The van der Waals surface area contributed by atoms with Crippen LogP contribution >= 0.6 is 22.9 Å². The lowest BCUT2D eigenvalue weighted by atomic mass is 9.77. The Morgan fingerprint density at radius 1 is 1.29 bits per heavy atom. The molecule has 24 heavy (non-hydrogen) atoms. The van der Waals surface area contributed by atoms with Gasteiger partial charge in [-0.2, -0.15) is 0 Å². The summed E-state index contributed by atoms with van der Waals surface area (Å²) in [6.45, 7) is 0. The van der Waals surface area contributed by atoms with Gasteiger partial charge in [-0.15, -0.1) is 11.3 Å². The molecule has 2 heterocycles. The number of nitrogens with zero attached hydrogens (tertiary/aromatic N) is 1. The van der Waals surface area contributed by atoms with Gasteiger partial charge in [0.25, 0.3) is 0 Å². The van der Waals surface area contributed by atoms with Crippen LogP contribution in [0, 0.1) is 5.92 Å². The van der Waals surface area contributed by atoms with E-state index < -0.39 is 10.0 Å². The first kappa shape index (κ1) is 16.6. The lowest BCUT2D eigenvalue weighted by molar-refractivity contribution is 0.309. The highest BCUT2D eigenvalue weighted by Crippen LogP contribution is 2.51. The van der Waals surface area contributed by atoms with Gasteiger partial charge in [-0.05, 0) is 43.7 Å². The molecule has 0 amide bonds. The molecule has 2 aromatic heterocycles. The fourth-order valence-electron chi connectivity index (χ4n) is 4.45. The first-order chi connectivity index (χ1) is 11.5. The Labute approximate surface area is 150 Å². The molecular formula is C16H20ClN3O2S2. The van der Waals surface area contributed by atoms with Crippen molar-refractivity contribution >= 4 is 33.0 Å². The molecule has 3 atom stereocenters. The fourth-order valence-corrected chi connectivity index (χ4v) is 7.33. The van der Waals surface area contributed by atoms with Crippen LogP contribution < -0.4 is 4.72 Å². The maximum absolute atomic E-state index is 12.9. The van der Waals surface area contributed by atoms with E-state index in [1.54, 1.807) is 18.3 Å². The number of sulfonamides is 1. The van der Waals surface area contributed by atoms with Crippen LogP contribution in [0.3, 0.4) is 0 Å².